The lowest BCUT2D eigenvalue weighted by Gasteiger charge is -2.14. The Morgan fingerprint density at radius 3 is 2.05 bits per heavy atom. The van der Waals surface area contributed by atoms with Crippen LogP contribution in [0.4, 0.5) is 4.39 Å². The van der Waals surface area contributed by atoms with E-state index < -0.39 is 0 Å². The average Bonchev–Trinajstić information content (AvgIpc) is 3.30. The highest BCUT2D eigenvalue weighted by molar-refractivity contribution is 5.96. The molecule has 1 amide bonds. The van der Waals surface area contributed by atoms with Gasteiger partial charge < -0.3 is 14.0 Å². The predicted octanol–water partition coefficient (Wildman–Crippen LogP) is 7.16. The van der Waals surface area contributed by atoms with Crippen LogP contribution in [0.25, 0.3) is 5.69 Å². The molecule has 1 N–H and O–H groups in total. The van der Waals surface area contributed by atoms with Crippen LogP contribution in [0.1, 0.15) is 38.4 Å². The van der Waals surface area contributed by atoms with Gasteiger partial charge in [-0.25, -0.2) is 9.82 Å². The molecule has 6 nitrogen and oxygen atoms in total. The van der Waals surface area contributed by atoms with E-state index in [1.807, 2.05) is 97.3 Å². The second kappa shape index (κ2) is 12.8. The molecule has 4 aromatic carbocycles. The van der Waals surface area contributed by atoms with E-state index >= 15 is 0 Å². The molecule has 206 valence electrons. The van der Waals surface area contributed by atoms with E-state index in [4.69, 9.17) is 9.47 Å². The lowest BCUT2D eigenvalue weighted by atomic mass is 10.2. The Labute approximate surface area is 238 Å². The van der Waals surface area contributed by atoms with Crippen LogP contribution in [0.15, 0.2) is 114 Å². The van der Waals surface area contributed by atoms with Crippen molar-refractivity contribution in [1.29, 1.82) is 0 Å². The fourth-order valence-corrected chi connectivity index (χ4v) is 4.51. The SMILES string of the molecule is Cc1cc(C(=O)NN=Cc2ccc(OCc3ccccc3)c(OCc3ccccc3)c2)c(C)n1-c1ccc(F)cc1. The van der Waals surface area contributed by atoms with Crippen molar-refractivity contribution in [3.63, 3.8) is 0 Å². The molecule has 1 aromatic heterocycles. The van der Waals surface area contributed by atoms with E-state index in [9.17, 15) is 9.18 Å². The minimum Gasteiger partial charge on any atom is -0.485 e. The first-order valence-corrected chi connectivity index (χ1v) is 13.2. The van der Waals surface area contributed by atoms with Crippen molar-refractivity contribution < 1.29 is 18.7 Å². The fourth-order valence-electron chi connectivity index (χ4n) is 4.51. The zero-order valence-corrected chi connectivity index (χ0v) is 22.9. The number of benzene rings is 4. The van der Waals surface area contributed by atoms with Crippen molar-refractivity contribution >= 4 is 12.1 Å². The summed E-state index contributed by atoms with van der Waals surface area (Å²) in [5, 5.41) is 4.19. The minimum absolute atomic E-state index is 0.312. The van der Waals surface area contributed by atoms with Crippen molar-refractivity contribution in [2.75, 3.05) is 0 Å². The van der Waals surface area contributed by atoms with E-state index in [-0.39, 0.29) is 11.7 Å². The molecule has 0 bridgehead atoms. The molecule has 0 aliphatic rings. The largest absolute Gasteiger partial charge is 0.485 e. The van der Waals surface area contributed by atoms with Gasteiger partial charge in [-0.05, 0) is 79.1 Å². The van der Waals surface area contributed by atoms with Crippen LogP contribution < -0.4 is 14.9 Å². The van der Waals surface area contributed by atoms with Crippen LogP contribution >= 0.6 is 0 Å². The third-order valence-corrected chi connectivity index (χ3v) is 6.58. The maximum Gasteiger partial charge on any atom is 0.273 e. The number of halogens is 1. The normalized spacial score (nSPS) is 11.0. The van der Waals surface area contributed by atoms with Crippen LogP contribution in [0, 0.1) is 19.7 Å². The van der Waals surface area contributed by atoms with Gasteiger partial charge in [0.25, 0.3) is 5.91 Å². The first-order valence-electron chi connectivity index (χ1n) is 13.2. The van der Waals surface area contributed by atoms with Crippen molar-refractivity contribution in [3.8, 4) is 17.2 Å². The van der Waals surface area contributed by atoms with E-state index in [2.05, 4.69) is 10.5 Å². The van der Waals surface area contributed by atoms with Crippen molar-refractivity contribution in [2.45, 2.75) is 27.1 Å². The van der Waals surface area contributed by atoms with Gasteiger partial charge in [0, 0.05) is 17.1 Å². The molecule has 0 saturated carbocycles. The lowest BCUT2D eigenvalue weighted by molar-refractivity contribution is 0.0954. The van der Waals surface area contributed by atoms with Crippen molar-refractivity contribution in [1.82, 2.24) is 9.99 Å². The van der Waals surface area contributed by atoms with Crippen LogP contribution in [0.3, 0.4) is 0 Å². The van der Waals surface area contributed by atoms with Gasteiger partial charge in [0.05, 0.1) is 11.8 Å². The van der Waals surface area contributed by atoms with E-state index in [0.29, 0.717) is 30.3 Å². The zero-order valence-electron chi connectivity index (χ0n) is 22.9. The maximum absolute atomic E-state index is 13.4. The van der Waals surface area contributed by atoms with Gasteiger partial charge in [0.15, 0.2) is 11.5 Å². The smallest absolute Gasteiger partial charge is 0.273 e. The van der Waals surface area contributed by atoms with E-state index in [0.717, 1.165) is 33.8 Å². The number of hydrazone groups is 1. The van der Waals surface area contributed by atoms with Crippen LogP contribution in [0.5, 0.6) is 11.5 Å². The van der Waals surface area contributed by atoms with Crippen molar-refractivity contribution in [3.05, 3.63) is 149 Å². The van der Waals surface area contributed by atoms with Gasteiger partial charge >= 0.3 is 0 Å². The molecule has 7 heteroatoms. The Morgan fingerprint density at radius 1 is 0.805 bits per heavy atom. The molecule has 0 aliphatic heterocycles. The Bertz CT molecular complexity index is 1650. The Hall–Kier alpha value is -5.17. The first-order chi connectivity index (χ1) is 20.0. The minimum atomic E-state index is -0.342. The standard InChI is InChI=1S/C34H30FN3O3/c1-24-19-31(25(2)38(24)30-16-14-29(35)15-17-30)34(39)37-36-21-28-13-18-32(40-22-26-9-5-3-6-10-26)33(20-28)41-23-27-11-7-4-8-12-27/h3-21H,22-23H2,1-2H3,(H,37,39). The van der Waals surface area contributed by atoms with Gasteiger partial charge in [-0.1, -0.05) is 60.7 Å². The van der Waals surface area contributed by atoms with E-state index in [1.165, 1.54) is 12.1 Å². The van der Waals surface area contributed by atoms with Crippen LogP contribution in [0.2, 0.25) is 0 Å². The number of hydrogen-bond donors (Lipinski definition) is 1. The molecule has 0 unspecified atom stereocenters. The number of hydrogen-bond acceptors (Lipinski definition) is 4. The highest BCUT2D eigenvalue weighted by atomic mass is 19.1. The van der Waals surface area contributed by atoms with Crippen LogP contribution in [-0.4, -0.2) is 16.7 Å². The summed E-state index contributed by atoms with van der Waals surface area (Å²) in [7, 11) is 0. The number of aryl methyl sites for hydroxylation is 1. The third kappa shape index (κ3) is 6.89. The molecule has 0 atom stereocenters. The molecule has 5 rings (SSSR count). The molecule has 0 aliphatic carbocycles. The highest BCUT2D eigenvalue weighted by Crippen LogP contribution is 2.30. The molecule has 0 radical (unpaired) electrons. The molecule has 0 spiro atoms. The second-order valence-electron chi connectivity index (χ2n) is 9.55. The summed E-state index contributed by atoms with van der Waals surface area (Å²) in [4.78, 5) is 13.0. The highest BCUT2D eigenvalue weighted by Gasteiger charge is 2.16. The number of nitrogens with one attached hydrogen (secondary N) is 1. The fraction of sp³-hybridized carbons (Fsp3) is 0.118. The number of amides is 1. The van der Waals surface area contributed by atoms with Gasteiger partial charge in [-0.2, -0.15) is 5.10 Å². The molecule has 1 heterocycles. The Balaban J connectivity index is 1.30. The molecule has 41 heavy (non-hydrogen) atoms. The van der Waals surface area contributed by atoms with Gasteiger partial charge in [0.1, 0.15) is 19.0 Å². The van der Waals surface area contributed by atoms with Gasteiger partial charge in [-0.15, -0.1) is 0 Å². The summed E-state index contributed by atoms with van der Waals surface area (Å²) in [5.74, 6) is 0.529. The number of nitrogens with zero attached hydrogens (tertiary/aromatic N) is 2. The zero-order chi connectivity index (χ0) is 28.6. The third-order valence-electron chi connectivity index (χ3n) is 6.58. The predicted molar refractivity (Wildman–Crippen MR) is 158 cm³/mol. The molecule has 0 fully saturated rings. The van der Waals surface area contributed by atoms with Gasteiger partial charge in [-0.3, -0.25) is 4.79 Å². The first kappa shape index (κ1) is 27.4. The summed E-state index contributed by atoms with van der Waals surface area (Å²) in [6, 6.07) is 33.3. The summed E-state index contributed by atoms with van der Waals surface area (Å²) in [6.45, 7) is 4.53. The molecular weight excluding hydrogens is 517 g/mol. The molecule has 5 aromatic rings. The quantitative estimate of drug-likeness (QED) is 0.149. The van der Waals surface area contributed by atoms with Gasteiger partial charge in [0.2, 0.25) is 0 Å². The number of aromatic nitrogens is 1. The van der Waals surface area contributed by atoms with E-state index in [1.54, 1.807) is 24.4 Å². The second-order valence-corrected chi connectivity index (χ2v) is 9.55. The maximum atomic E-state index is 13.4. The summed E-state index contributed by atoms with van der Waals surface area (Å²) in [5.41, 5.74) is 8.29. The molecule has 0 saturated heterocycles. The summed E-state index contributed by atoms with van der Waals surface area (Å²) >= 11 is 0. The summed E-state index contributed by atoms with van der Waals surface area (Å²) in [6.07, 6.45) is 1.56. The molecular formula is C34H30FN3O3. The topological polar surface area (TPSA) is 64.8 Å². The van der Waals surface area contributed by atoms with Crippen molar-refractivity contribution in [2.24, 2.45) is 5.10 Å². The average molecular weight is 548 g/mol. The Kier molecular flexibility index (Phi) is 8.55. The Morgan fingerprint density at radius 2 is 1.41 bits per heavy atom. The monoisotopic (exact) mass is 547 g/mol. The number of rotatable bonds is 10. The summed E-state index contributed by atoms with van der Waals surface area (Å²) < 4.78 is 27.5. The van der Waals surface area contributed by atoms with Crippen LogP contribution in [-0.2, 0) is 13.2 Å². The number of carbonyl (C=O) groups is 1. The number of carbonyl (C=O) groups excluding carboxylic acids is 1. The lowest BCUT2D eigenvalue weighted by Crippen LogP contribution is -2.18. The number of ether oxygens (including phenoxy) is 2.